The molecular formula is C83H102O7S2. The minimum Gasteiger partial charge on any atom is -0.462 e. The third-order valence-electron chi connectivity index (χ3n) is 30.5. The van der Waals surface area contributed by atoms with E-state index < -0.39 is 51.5 Å². The summed E-state index contributed by atoms with van der Waals surface area (Å²) in [5, 5.41) is 47.2. The van der Waals surface area contributed by atoms with Gasteiger partial charge in [0, 0.05) is 41.3 Å². The summed E-state index contributed by atoms with van der Waals surface area (Å²) in [6.45, 7) is 7.29. The molecule has 13 aliphatic rings. The monoisotopic (exact) mass is 1270 g/mol. The molecule has 2 saturated heterocycles. The molecule has 17 rings (SSSR count). The molecule has 3 spiro atoms. The number of carbonyl (C=O) groups is 2. The van der Waals surface area contributed by atoms with Crippen LogP contribution in [0.15, 0.2) is 103 Å². The van der Waals surface area contributed by atoms with Crippen LogP contribution in [0.25, 0.3) is 10.8 Å². The number of aliphatic hydroxyl groups is 3. The molecular weight excluding hydrogens is 1170 g/mol. The van der Waals surface area contributed by atoms with E-state index in [0.29, 0.717) is 68.1 Å². The number of ether oxygens (including phenoxy) is 2. The second kappa shape index (κ2) is 22.5. The highest BCUT2D eigenvalue weighted by Gasteiger charge is 2.79. The lowest BCUT2D eigenvalue weighted by Gasteiger charge is -2.72. The molecule has 0 aromatic heterocycles. The van der Waals surface area contributed by atoms with Gasteiger partial charge in [0.25, 0.3) is 0 Å². The molecule has 9 fully saturated rings. The standard InChI is InChI=1S/C83H102O7S2/c1-75-39-30-66(92-91-51-55(47-75)44-53-18-6-4-7-19-53)62-25-11-12-36-79(62)38-17-33-76(2)49-65(90-74(79)87)73-77(3,41-32-68(85)83(73,67(84)31-40-75)82(76,88)43-28-54-45-69(86)89-50-54)58-29-42-81-52-78(34-14-15-35-78)64-48-80(57-21-8-5-9-22-57)37-13-10-24-61(80)60-27-26-56-20-16-23-59(63(81)46-58)70(56)71(60)72(64)81/h4-9,16,18-23,26-27,45,55,58,61-68,72-73,84-85,88H,10-15,24-25,28-32,34-44,46-52H2,1-3H3/t55-,58+,61+,62-,63-,64-,65+,66+,67-,68-,72-,73-,75+,76-,77-,79-,80-,81+,82+,83-/m0/s1. The summed E-state index contributed by atoms with van der Waals surface area (Å²) in [6.07, 6.45) is 25.9. The fourth-order valence-corrected chi connectivity index (χ4v) is 30.1. The summed E-state index contributed by atoms with van der Waals surface area (Å²) < 4.78 is 13.4. The van der Waals surface area contributed by atoms with E-state index in [9.17, 15) is 15.0 Å². The molecule has 3 N–H and O–H groups in total. The minimum absolute atomic E-state index is 0.0735. The largest absolute Gasteiger partial charge is 0.462 e. The molecule has 4 heterocycles. The zero-order valence-electron chi connectivity index (χ0n) is 55.4. The van der Waals surface area contributed by atoms with E-state index in [4.69, 9.17) is 9.47 Å². The molecule has 9 heteroatoms. The van der Waals surface area contributed by atoms with Gasteiger partial charge >= 0.3 is 11.9 Å². The maximum absolute atomic E-state index is 16.7. The molecule has 92 heavy (non-hydrogen) atoms. The first-order chi connectivity index (χ1) is 44.5. The van der Waals surface area contributed by atoms with E-state index >= 15 is 9.90 Å². The molecule has 4 aromatic carbocycles. The zero-order chi connectivity index (χ0) is 62.7. The Kier molecular flexibility index (Phi) is 15.1. The van der Waals surface area contributed by atoms with Crippen LogP contribution >= 0.6 is 21.6 Å². The quantitative estimate of drug-likeness (QED) is 0.0946. The Morgan fingerprint density at radius 1 is 0.685 bits per heavy atom. The summed E-state index contributed by atoms with van der Waals surface area (Å²) in [5.74, 6) is 10.1. The topological polar surface area (TPSA) is 113 Å². The molecule has 7 saturated carbocycles. The van der Waals surface area contributed by atoms with Gasteiger partial charge in [-0.15, -0.1) is 5.92 Å². The number of rotatable bonds is 7. The minimum atomic E-state index is -1.77. The Morgan fingerprint density at radius 3 is 2.23 bits per heavy atom. The summed E-state index contributed by atoms with van der Waals surface area (Å²) in [5.41, 5.74) is 3.09. The molecule has 488 valence electrons. The SMILES string of the molecule is C[C@]12CC[C@@H](SSC[C@@H](Cc3ccccc3)C1)[C@@H]1CCCC[C@]13CC#C[C@@]1(C)C[C@@H](OC3=O)[C@H]3[C@](C)([C@@H]4CC[C@]56CC7(CCCC7)[C@H]7C[C@]8(c9ccccc9)CCCC[C@@H]8c8ccc9cccc(c9c8[C@H]75)[C@@H]6C4)CC[C@H](O)[C@]3([C@@H](O)CC2)[C@@]1(O)CCC1=CC(=O)OC1. The fourth-order valence-electron chi connectivity index (χ4n) is 26.7. The van der Waals surface area contributed by atoms with Crippen molar-refractivity contribution in [3.8, 4) is 11.8 Å². The van der Waals surface area contributed by atoms with Gasteiger partial charge in [0.2, 0.25) is 0 Å². The maximum Gasteiger partial charge on any atom is 0.331 e. The Balaban J connectivity index is 0.841. The highest BCUT2D eigenvalue weighted by molar-refractivity contribution is 8.76. The number of cyclic esters (lactones) is 1. The van der Waals surface area contributed by atoms with Crippen LogP contribution in [0, 0.1) is 79.3 Å². The Labute approximate surface area is 556 Å². The number of esters is 2. The first-order valence-corrected chi connectivity index (χ1v) is 39.5. The number of benzene rings is 4. The predicted octanol–water partition coefficient (Wildman–Crippen LogP) is 18.0. The number of hydrogen-bond donors (Lipinski definition) is 3. The van der Waals surface area contributed by atoms with E-state index in [-0.39, 0.29) is 63.7 Å². The van der Waals surface area contributed by atoms with Crippen molar-refractivity contribution in [3.05, 3.63) is 130 Å². The third kappa shape index (κ3) is 8.91. The Bertz CT molecular complexity index is 3640. The van der Waals surface area contributed by atoms with E-state index in [1.165, 1.54) is 75.2 Å². The number of fused-ring (bicyclic) bond motifs is 10. The second-order valence-electron chi connectivity index (χ2n) is 34.4. The van der Waals surface area contributed by atoms with Gasteiger partial charge in [0.1, 0.15) is 12.7 Å². The number of carbonyl (C=O) groups excluding carboxylic acids is 2. The molecule has 0 radical (unpaired) electrons. The van der Waals surface area contributed by atoms with Gasteiger partial charge in [-0.25, -0.2) is 4.79 Å². The van der Waals surface area contributed by atoms with E-state index in [0.717, 1.165) is 88.4 Å². The van der Waals surface area contributed by atoms with E-state index in [2.05, 4.69) is 124 Å². The van der Waals surface area contributed by atoms with Gasteiger partial charge in [-0.1, -0.05) is 171 Å². The van der Waals surface area contributed by atoms with Gasteiger partial charge in [-0.3, -0.25) is 4.79 Å². The van der Waals surface area contributed by atoms with Crippen LogP contribution in [0.2, 0.25) is 0 Å². The summed E-state index contributed by atoms with van der Waals surface area (Å²) in [7, 11) is 4.07. The molecule has 7 nitrogen and oxygen atoms in total. The van der Waals surface area contributed by atoms with Crippen molar-refractivity contribution in [1.82, 2.24) is 0 Å². The normalized spacial score (nSPS) is 44.8. The molecule has 0 unspecified atom stereocenters. The smallest absolute Gasteiger partial charge is 0.331 e. The lowest BCUT2D eigenvalue weighted by Crippen LogP contribution is -2.79. The van der Waals surface area contributed by atoms with Crippen molar-refractivity contribution in [2.24, 2.45) is 67.5 Å². The van der Waals surface area contributed by atoms with Crippen molar-refractivity contribution in [3.63, 3.8) is 0 Å². The third-order valence-corrected chi connectivity index (χ3v) is 33.6. The predicted molar refractivity (Wildman–Crippen MR) is 369 cm³/mol. The van der Waals surface area contributed by atoms with Crippen LogP contribution in [0.1, 0.15) is 246 Å². The van der Waals surface area contributed by atoms with Crippen LogP contribution in [0.4, 0.5) is 0 Å². The van der Waals surface area contributed by atoms with Gasteiger partial charge in [-0.2, -0.15) is 0 Å². The lowest BCUT2D eigenvalue weighted by atomic mass is 9.34. The maximum atomic E-state index is 16.7. The van der Waals surface area contributed by atoms with Gasteiger partial charge in [-0.05, 0) is 249 Å². The summed E-state index contributed by atoms with van der Waals surface area (Å²) in [4.78, 5) is 29.6. The van der Waals surface area contributed by atoms with Crippen LogP contribution in [0.3, 0.4) is 0 Å². The molecule has 9 aliphatic carbocycles. The number of aliphatic hydroxyl groups excluding tert-OH is 2. The first kappa shape index (κ1) is 61.5. The van der Waals surface area contributed by atoms with Crippen LogP contribution < -0.4 is 0 Å². The highest BCUT2D eigenvalue weighted by Crippen LogP contribution is 2.82. The molecule has 6 bridgehead atoms. The van der Waals surface area contributed by atoms with Gasteiger partial charge in [0.15, 0.2) is 0 Å². The van der Waals surface area contributed by atoms with Crippen LogP contribution in [-0.4, -0.2) is 68.8 Å². The highest BCUT2D eigenvalue weighted by atomic mass is 33.1. The van der Waals surface area contributed by atoms with Gasteiger partial charge in [0.05, 0.1) is 34.1 Å². The molecule has 4 aromatic rings. The summed E-state index contributed by atoms with van der Waals surface area (Å²) in [6, 6.07) is 35.5. The van der Waals surface area contributed by atoms with E-state index in [1.807, 2.05) is 21.6 Å². The summed E-state index contributed by atoms with van der Waals surface area (Å²) >= 11 is 0. The Morgan fingerprint density at radius 2 is 1.43 bits per heavy atom. The molecule has 4 aliphatic heterocycles. The van der Waals surface area contributed by atoms with Crippen LogP contribution in [-0.2, 0) is 30.9 Å². The van der Waals surface area contributed by atoms with Crippen molar-refractivity contribution in [2.75, 3.05) is 12.4 Å². The first-order valence-electron chi connectivity index (χ1n) is 37.1. The fraction of sp³-hybridized carbons (Fsp3) is 0.663. The molecule has 0 amide bonds. The van der Waals surface area contributed by atoms with E-state index in [1.54, 1.807) is 33.7 Å². The zero-order valence-corrected chi connectivity index (χ0v) is 57.0. The second-order valence-corrected chi connectivity index (χ2v) is 37.1. The van der Waals surface area contributed by atoms with Crippen molar-refractivity contribution < 1.29 is 34.4 Å². The molecule has 20 atom stereocenters. The van der Waals surface area contributed by atoms with Crippen molar-refractivity contribution >= 4 is 44.3 Å². The number of hydrogen-bond acceptors (Lipinski definition) is 9. The average molecular weight is 1280 g/mol. The van der Waals surface area contributed by atoms with Crippen LogP contribution in [0.5, 0.6) is 0 Å². The van der Waals surface area contributed by atoms with Gasteiger partial charge < -0.3 is 24.8 Å². The average Bonchev–Trinajstić information content (AvgIpc) is 1.19. The lowest BCUT2D eigenvalue weighted by molar-refractivity contribution is -0.340. The Hall–Kier alpha value is -4.04. The van der Waals surface area contributed by atoms with Crippen molar-refractivity contribution in [2.45, 2.75) is 259 Å². The van der Waals surface area contributed by atoms with Crippen molar-refractivity contribution in [1.29, 1.82) is 0 Å².